The molecule has 0 aliphatic carbocycles. The molecular weight excluding hydrogens is 245 g/mol. The van der Waals surface area contributed by atoms with Crippen LogP contribution in [0.1, 0.15) is 24.9 Å². The summed E-state index contributed by atoms with van der Waals surface area (Å²) in [5, 5.41) is 0. The summed E-state index contributed by atoms with van der Waals surface area (Å²) in [7, 11) is 1.78. The fraction of sp³-hybridized carbons (Fsp3) is 0.500. The Bertz CT molecular complexity index is 476. The molecule has 0 bridgehead atoms. The maximum absolute atomic E-state index is 14.1. The Kier molecular flexibility index (Phi) is 4.04. The molecule has 1 amide bonds. The number of benzene rings is 1. The van der Waals surface area contributed by atoms with Gasteiger partial charge >= 0.3 is 0 Å². The molecule has 1 heterocycles. The molecule has 5 heteroatoms. The van der Waals surface area contributed by atoms with Gasteiger partial charge in [0.05, 0.1) is 12.2 Å². The van der Waals surface area contributed by atoms with Gasteiger partial charge in [-0.2, -0.15) is 0 Å². The van der Waals surface area contributed by atoms with Gasteiger partial charge in [0.2, 0.25) is 5.91 Å². The van der Waals surface area contributed by atoms with Crippen LogP contribution in [0.15, 0.2) is 18.2 Å². The second-order valence-electron chi connectivity index (χ2n) is 5.09. The zero-order chi connectivity index (χ0) is 14.0. The second kappa shape index (κ2) is 5.57. The maximum atomic E-state index is 14.1. The number of nitrogens with zero attached hydrogens (tertiary/aromatic N) is 2. The van der Waals surface area contributed by atoms with E-state index < -0.39 is 0 Å². The molecule has 0 spiro atoms. The molecular formula is C14H20FN3O. The van der Waals surface area contributed by atoms with E-state index in [1.54, 1.807) is 22.9 Å². The zero-order valence-corrected chi connectivity index (χ0v) is 11.4. The van der Waals surface area contributed by atoms with Crippen molar-refractivity contribution in [2.24, 2.45) is 5.73 Å². The molecule has 1 unspecified atom stereocenters. The molecule has 2 N–H and O–H groups in total. The lowest BCUT2D eigenvalue weighted by atomic mass is 10.1. The summed E-state index contributed by atoms with van der Waals surface area (Å²) in [5.41, 5.74) is 6.98. The molecule has 0 radical (unpaired) electrons. The lowest BCUT2D eigenvalue weighted by Crippen LogP contribution is -2.34. The Morgan fingerprint density at radius 3 is 2.74 bits per heavy atom. The molecule has 4 nitrogen and oxygen atoms in total. The summed E-state index contributed by atoms with van der Waals surface area (Å²) in [6.45, 7) is 3.45. The Hall–Kier alpha value is -1.62. The lowest BCUT2D eigenvalue weighted by Gasteiger charge is -2.23. The summed E-state index contributed by atoms with van der Waals surface area (Å²) in [6, 6.07) is 4.80. The monoisotopic (exact) mass is 265 g/mol. The molecule has 1 atom stereocenters. The number of likely N-dealkylation sites (N-methyl/N-ethyl adjacent to an activating group) is 1. The predicted molar refractivity (Wildman–Crippen MR) is 73.5 cm³/mol. The first-order chi connectivity index (χ1) is 8.99. The fourth-order valence-corrected chi connectivity index (χ4v) is 2.25. The molecule has 2 rings (SSSR count). The summed E-state index contributed by atoms with van der Waals surface area (Å²) < 4.78 is 14.1. The highest BCUT2D eigenvalue weighted by molar-refractivity contribution is 5.81. The molecule has 0 saturated carbocycles. The summed E-state index contributed by atoms with van der Waals surface area (Å²) in [4.78, 5) is 15.3. The highest BCUT2D eigenvalue weighted by Crippen LogP contribution is 2.24. The first-order valence-electron chi connectivity index (χ1n) is 6.53. The van der Waals surface area contributed by atoms with Crippen LogP contribution in [-0.2, 0) is 4.79 Å². The van der Waals surface area contributed by atoms with Gasteiger partial charge < -0.3 is 15.5 Å². The topological polar surface area (TPSA) is 49.6 Å². The normalized spacial score (nSPS) is 18.4. The van der Waals surface area contributed by atoms with Crippen LogP contribution in [0.25, 0.3) is 0 Å². The Labute approximate surface area is 113 Å². The minimum atomic E-state index is -0.313. The largest absolute Gasteiger partial charge is 0.360 e. The number of anilines is 1. The molecule has 0 aromatic heterocycles. The third kappa shape index (κ3) is 3.04. The standard InChI is InChI=1S/C14H20FN3O/c1-10(16)11-4-5-13(12(15)8-11)18-7-3-6-17(2)14(19)9-18/h4-5,8,10H,3,6-7,9,16H2,1-2H3. The van der Waals surface area contributed by atoms with E-state index in [-0.39, 0.29) is 24.3 Å². The van der Waals surface area contributed by atoms with Gasteiger partial charge in [0.25, 0.3) is 0 Å². The van der Waals surface area contributed by atoms with E-state index >= 15 is 0 Å². The highest BCUT2D eigenvalue weighted by Gasteiger charge is 2.21. The van der Waals surface area contributed by atoms with E-state index in [9.17, 15) is 9.18 Å². The van der Waals surface area contributed by atoms with Gasteiger partial charge in [0.15, 0.2) is 0 Å². The van der Waals surface area contributed by atoms with Crippen LogP contribution in [-0.4, -0.2) is 37.5 Å². The first-order valence-corrected chi connectivity index (χ1v) is 6.53. The average molecular weight is 265 g/mol. The number of carbonyl (C=O) groups is 1. The Morgan fingerprint density at radius 1 is 1.37 bits per heavy atom. The average Bonchev–Trinajstić information content (AvgIpc) is 2.52. The van der Waals surface area contributed by atoms with Gasteiger partial charge in [0, 0.05) is 26.2 Å². The minimum absolute atomic E-state index is 0.0215. The molecule has 1 aromatic rings. The molecule has 1 aliphatic rings. The number of rotatable bonds is 2. The van der Waals surface area contributed by atoms with E-state index in [1.807, 2.05) is 13.0 Å². The van der Waals surface area contributed by atoms with Crippen molar-refractivity contribution in [1.82, 2.24) is 4.90 Å². The molecule has 19 heavy (non-hydrogen) atoms. The van der Waals surface area contributed by atoms with Crippen LogP contribution in [0.4, 0.5) is 10.1 Å². The fourth-order valence-electron chi connectivity index (χ4n) is 2.25. The van der Waals surface area contributed by atoms with Crippen molar-refractivity contribution in [2.45, 2.75) is 19.4 Å². The van der Waals surface area contributed by atoms with Crippen molar-refractivity contribution >= 4 is 11.6 Å². The molecule has 1 aliphatic heterocycles. The van der Waals surface area contributed by atoms with Crippen LogP contribution < -0.4 is 10.6 Å². The third-order valence-corrected chi connectivity index (χ3v) is 3.51. The van der Waals surface area contributed by atoms with Gasteiger partial charge in [-0.3, -0.25) is 4.79 Å². The Balaban J connectivity index is 2.24. The SMILES string of the molecule is CC(N)c1ccc(N2CCCN(C)C(=O)C2)c(F)c1. The van der Waals surface area contributed by atoms with E-state index in [0.717, 1.165) is 18.5 Å². The van der Waals surface area contributed by atoms with Gasteiger partial charge in [-0.1, -0.05) is 6.07 Å². The lowest BCUT2D eigenvalue weighted by molar-refractivity contribution is -0.127. The number of nitrogens with two attached hydrogens (primary N) is 1. The predicted octanol–water partition coefficient (Wildman–Crippen LogP) is 1.51. The summed E-state index contributed by atoms with van der Waals surface area (Å²) in [6.07, 6.45) is 0.844. The van der Waals surface area contributed by atoms with Crippen LogP contribution >= 0.6 is 0 Å². The van der Waals surface area contributed by atoms with E-state index in [1.165, 1.54) is 6.07 Å². The van der Waals surface area contributed by atoms with E-state index in [4.69, 9.17) is 5.73 Å². The Morgan fingerprint density at radius 2 is 2.11 bits per heavy atom. The van der Waals surface area contributed by atoms with Crippen molar-refractivity contribution in [3.63, 3.8) is 0 Å². The van der Waals surface area contributed by atoms with Crippen molar-refractivity contribution < 1.29 is 9.18 Å². The zero-order valence-electron chi connectivity index (χ0n) is 11.4. The number of carbonyl (C=O) groups excluding carboxylic acids is 1. The highest BCUT2D eigenvalue weighted by atomic mass is 19.1. The van der Waals surface area contributed by atoms with Gasteiger partial charge in [0.1, 0.15) is 5.82 Å². The van der Waals surface area contributed by atoms with Crippen LogP contribution in [0, 0.1) is 5.82 Å². The van der Waals surface area contributed by atoms with Crippen molar-refractivity contribution in [3.8, 4) is 0 Å². The van der Waals surface area contributed by atoms with Crippen molar-refractivity contribution in [1.29, 1.82) is 0 Å². The molecule has 104 valence electrons. The van der Waals surface area contributed by atoms with Crippen LogP contribution in [0.2, 0.25) is 0 Å². The number of hydrogen-bond acceptors (Lipinski definition) is 3. The van der Waals surface area contributed by atoms with Crippen LogP contribution in [0.3, 0.4) is 0 Å². The minimum Gasteiger partial charge on any atom is -0.360 e. The van der Waals surface area contributed by atoms with E-state index in [0.29, 0.717) is 12.2 Å². The number of hydrogen-bond donors (Lipinski definition) is 1. The van der Waals surface area contributed by atoms with Gasteiger partial charge in [-0.25, -0.2) is 4.39 Å². The van der Waals surface area contributed by atoms with Gasteiger partial charge in [-0.15, -0.1) is 0 Å². The van der Waals surface area contributed by atoms with Gasteiger partial charge in [-0.05, 0) is 31.0 Å². The summed E-state index contributed by atoms with van der Waals surface area (Å²) >= 11 is 0. The summed E-state index contributed by atoms with van der Waals surface area (Å²) in [5.74, 6) is -0.291. The molecule has 1 aromatic carbocycles. The molecule has 1 fully saturated rings. The number of halogens is 1. The third-order valence-electron chi connectivity index (χ3n) is 3.51. The first kappa shape index (κ1) is 13.8. The second-order valence-corrected chi connectivity index (χ2v) is 5.09. The van der Waals surface area contributed by atoms with Crippen LogP contribution in [0.5, 0.6) is 0 Å². The molecule has 1 saturated heterocycles. The quantitative estimate of drug-likeness (QED) is 0.882. The van der Waals surface area contributed by atoms with Crippen molar-refractivity contribution in [2.75, 3.05) is 31.6 Å². The van der Waals surface area contributed by atoms with E-state index in [2.05, 4.69) is 0 Å². The maximum Gasteiger partial charge on any atom is 0.241 e. The number of amides is 1. The smallest absolute Gasteiger partial charge is 0.241 e. The van der Waals surface area contributed by atoms with Crippen molar-refractivity contribution in [3.05, 3.63) is 29.6 Å².